The molecule has 20 heavy (non-hydrogen) atoms. The van der Waals surface area contributed by atoms with E-state index >= 15 is 0 Å². The summed E-state index contributed by atoms with van der Waals surface area (Å²) in [6, 6.07) is 13.6. The quantitative estimate of drug-likeness (QED) is 0.632. The van der Waals surface area contributed by atoms with Gasteiger partial charge in [-0.05, 0) is 30.7 Å². The van der Waals surface area contributed by atoms with E-state index < -0.39 is 0 Å². The van der Waals surface area contributed by atoms with Crippen LogP contribution in [0.4, 0.5) is 0 Å². The van der Waals surface area contributed by atoms with Gasteiger partial charge in [-0.25, -0.2) is 0 Å². The average molecular weight is 273 g/mol. The molecule has 2 rings (SSSR count). The van der Waals surface area contributed by atoms with Crippen LogP contribution in [-0.4, -0.2) is 21.9 Å². The van der Waals surface area contributed by atoms with E-state index in [0.717, 1.165) is 5.56 Å². The van der Waals surface area contributed by atoms with E-state index in [1.54, 1.807) is 0 Å². The Labute approximate surface area is 118 Å². The van der Waals surface area contributed by atoms with Crippen molar-refractivity contribution < 1.29 is 15.3 Å². The van der Waals surface area contributed by atoms with Gasteiger partial charge in [0.2, 0.25) is 0 Å². The Balaban J connectivity index is 2.17. The zero-order valence-corrected chi connectivity index (χ0v) is 11.3. The van der Waals surface area contributed by atoms with Crippen LogP contribution in [-0.2, 0) is 0 Å². The number of rotatable bonds is 5. The summed E-state index contributed by atoms with van der Waals surface area (Å²) in [4.78, 5) is 0. The Bertz CT molecular complexity index is 557. The van der Waals surface area contributed by atoms with Gasteiger partial charge in [0.15, 0.2) is 0 Å². The first kappa shape index (κ1) is 14.4. The molecule has 0 aromatic heterocycles. The summed E-state index contributed by atoms with van der Waals surface area (Å²) < 4.78 is 0. The van der Waals surface area contributed by atoms with Gasteiger partial charge in [-0.15, -0.1) is 0 Å². The molecule has 0 saturated heterocycles. The summed E-state index contributed by atoms with van der Waals surface area (Å²) in [6.45, 7) is 1.83. The highest BCUT2D eigenvalue weighted by Gasteiger charge is 2.17. The second-order valence-electron chi connectivity index (χ2n) is 4.78. The molecule has 0 fully saturated rings. The molecule has 0 amide bonds. The standard InChI is InChI=1S/C16H19NO3/c1-11(14-9-13(19)7-8-16(14)20)17-15(10-18)12-5-3-2-4-6-12/h2-9,11,15,17-20H,10H2,1H3/t11?,15-/m1/s1. The van der Waals surface area contributed by atoms with E-state index in [0.29, 0.717) is 5.56 Å². The molecular weight excluding hydrogens is 254 g/mol. The Hall–Kier alpha value is -2.04. The molecule has 0 bridgehead atoms. The molecule has 2 aromatic rings. The minimum absolute atomic E-state index is 0.0477. The van der Waals surface area contributed by atoms with Gasteiger partial charge in [-0.3, -0.25) is 0 Å². The van der Waals surface area contributed by atoms with E-state index in [2.05, 4.69) is 5.32 Å². The van der Waals surface area contributed by atoms with Crippen molar-refractivity contribution >= 4 is 0 Å². The van der Waals surface area contributed by atoms with Crippen molar-refractivity contribution in [2.45, 2.75) is 19.0 Å². The van der Waals surface area contributed by atoms with Gasteiger partial charge < -0.3 is 20.6 Å². The number of phenols is 2. The third-order valence-corrected chi connectivity index (χ3v) is 3.31. The summed E-state index contributed by atoms with van der Waals surface area (Å²) in [6.07, 6.45) is 0. The molecule has 0 radical (unpaired) electrons. The Morgan fingerprint density at radius 2 is 1.75 bits per heavy atom. The van der Waals surface area contributed by atoms with Gasteiger partial charge >= 0.3 is 0 Å². The van der Waals surface area contributed by atoms with E-state index in [4.69, 9.17) is 0 Å². The zero-order chi connectivity index (χ0) is 14.5. The predicted octanol–water partition coefficient (Wildman–Crippen LogP) is 2.48. The molecule has 106 valence electrons. The molecule has 2 atom stereocenters. The number of nitrogens with one attached hydrogen (secondary N) is 1. The van der Waals surface area contributed by atoms with Crippen molar-refractivity contribution in [1.82, 2.24) is 5.32 Å². The van der Waals surface area contributed by atoms with Crippen LogP contribution in [0.5, 0.6) is 11.5 Å². The first-order chi connectivity index (χ1) is 9.61. The van der Waals surface area contributed by atoms with Crippen molar-refractivity contribution in [3.05, 3.63) is 59.7 Å². The maximum atomic E-state index is 9.85. The van der Waals surface area contributed by atoms with Gasteiger partial charge in [0, 0.05) is 11.6 Å². The lowest BCUT2D eigenvalue weighted by Gasteiger charge is -2.23. The minimum Gasteiger partial charge on any atom is -0.508 e. The SMILES string of the molecule is CC(N[C@H](CO)c1ccccc1)c1cc(O)ccc1O. The fraction of sp³-hybridized carbons (Fsp3) is 0.250. The smallest absolute Gasteiger partial charge is 0.120 e. The lowest BCUT2D eigenvalue weighted by Crippen LogP contribution is -2.27. The second kappa shape index (κ2) is 6.41. The number of aliphatic hydroxyl groups is 1. The number of phenolic OH excluding ortho intramolecular Hbond substituents is 2. The van der Waals surface area contributed by atoms with Crippen LogP contribution in [0, 0.1) is 0 Å². The lowest BCUT2D eigenvalue weighted by atomic mass is 10.0. The topological polar surface area (TPSA) is 72.7 Å². The number of hydrogen-bond donors (Lipinski definition) is 4. The van der Waals surface area contributed by atoms with Gasteiger partial charge in [0.1, 0.15) is 11.5 Å². The zero-order valence-electron chi connectivity index (χ0n) is 11.3. The van der Waals surface area contributed by atoms with Crippen LogP contribution in [0.15, 0.2) is 48.5 Å². The van der Waals surface area contributed by atoms with Gasteiger partial charge in [-0.2, -0.15) is 0 Å². The van der Waals surface area contributed by atoms with E-state index in [-0.39, 0.29) is 30.2 Å². The summed E-state index contributed by atoms with van der Waals surface area (Å²) in [5, 5.41) is 32.1. The van der Waals surface area contributed by atoms with Crippen LogP contribution in [0.2, 0.25) is 0 Å². The highest BCUT2D eigenvalue weighted by Crippen LogP contribution is 2.29. The Morgan fingerprint density at radius 3 is 2.40 bits per heavy atom. The Kier molecular flexibility index (Phi) is 4.61. The first-order valence-corrected chi connectivity index (χ1v) is 6.55. The predicted molar refractivity (Wildman–Crippen MR) is 77.6 cm³/mol. The number of aliphatic hydroxyl groups excluding tert-OH is 1. The van der Waals surface area contributed by atoms with E-state index in [9.17, 15) is 15.3 Å². The normalized spacial score (nSPS) is 13.9. The highest BCUT2D eigenvalue weighted by molar-refractivity contribution is 5.40. The number of hydrogen-bond acceptors (Lipinski definition) is 4. The molecule has 0 saturated carbocycles. The third kappa shape index (κ3) is 3.29. The molecule has 4 heteroatoms. The number of aromatic hydroxyl groups is 2. The summed E-state index contributed by atoms with van der Waals surface area (Å²) >= 11 is 0. The van der Waals surface area contributed by atoms with Crippen LogP contribution in [0.3, 0.4) is 0 Å². The van der Waals surface area contributed by atoms with Gasteiger partial charge in [-0.1, -0.05) is 30.3 Å². The molecule has 1 unspecified atom stereocenters. The van der Waals surface area contributed by atoms with Crippen molar-refractivity contribution in [2.75, 3.05) is 6.61 Å². The van der Waals surface area contributed by atoms with Crippen molar-refractivity contribution in [2.24, 2.45) is 0 Å². The van der Waals surface area contributed by atoms with E-state index in [1.807, 2.05) is 37.3 Å². The third-order valence-electron chi connectivity index (χ3n) is 3.31. The van der Waals surface area contributed by atoms with Crippen molar-refractivity contribution in [3.8, 4) is 11.5 Å². The largest absolute Gasteiger partial charge is 0.508 e. The average Bonchev–Trinajstić information content (AvgIpc) is 2.48. The highest BCUT2D eigenvalue weighted by atomic mass is 16.3. The Morgan fingerprint density at radius 1 is 1.05 bits per heavy atom. The maximum absolute atomic E-state index is 9.85. The molecule has 4 N–H and O–H groups in total. The van der Waals surface area contributed by atoms with Crippen LogP contribution >= 0.6 is 0 Å². The number of benzene rings is 2. The summed E-state index contributed by atoms with van der Waals surface area (Å²) in [7, 11) is 0. The fourth-order valence-electron chi connectivity index (χ4n) is 2.22. The molecule has 0 heterocycles. The first-order valence-electron chi connectivity index (χ1n) is 6.55. The maximum Gasteiger partial charge on any atom is 0.120 e. The molecular formula is C16H19NO3. The van der Waals surface area contributed by atoms with E-state index in [1.165, 1.54) is 18.2 Å². The molecule has 0 aliphatic rings. The van der Waals surface area contributed by atoms with Gasteiger partial charge in [0.05, 0.1) is 12.6 Å². The van der Waals surface area contributed by atoms with Crippen molar-refractivity contribution in [3.63, 3.8) is 0 Å². The minimum atomic E-state index is -0.229. The molecule has 0 aliphatic heterocycles. The van der Waals surface area contributed by atoms with Crippen LogP contribution < -0.4 is 5.32 Å². The lowest BCUT2D eigenvalue weighted by molar-refractivity contribution is 0.234. The molecule has 2 aromatic carbocycles. The van der Waals surface area contributed by atoms with Crippen LogP contribution in [0.25, 0.3) is 0 Å². The van der Waals surface area contributed by atoms with Crippen molar-refractivity contribution in [1.29, 1.82) is 0 Å². The van der Waals surface area contributed by atoms with Crippen LogP contribution in [0.1, 0.15) is 30.1 Å². The molecule has 4 nitrogen and oxygen atoms in total. The summed E-state index contributed by atoms with van der Waals surface area (Å²) in [5.41, 5.74) is 1.57. The second-order valence-corrected chi connectivity index (χ2v) is 4.78. The summed E-state index contributed by atoms with van der Waals surface area (Å²) in [5.74, 6) is 0.222. The molecule has 0 spiro atoms. The monoisotopic (exact) mass is 273 g/mol. The fourth-order valence-corrected chi connectivity index (χ4v) is 2.22. The van der Waals surface area contributed by atoms with Gasteiger partial charge in [0.25, 0.3) is 0 Å². The molecule has 0 aliphatic carbocycles.